The molecule has 2 aliphatic rings. The molecule has 0 unspecified atom stereocenters. The van der Waals surface area contributed by atoms with E-state index >= 15 is 0 Å². The van der Waals surface area contributed by atoms with Crippen LogP contribution in [-0.4, -0.2) is 0 Å². The second kappa shape index (κ2) is 9.30. The number of hydrogen-bond donors (Lipinski definition) is 1. The molecule has 1 heteroatoms. The van der Waals surface area contributed by atoms with Gasteiger partial charge in [0, 0.05) is 5.70 Å². The molecule has 0 heterocycles. The normalized spacial score (nSPS) is 22.6. The Morgan fingerprint density at radius 1 is 0.958 bits per heavy atom. The molecule has 134 valence electrons. The molecule has 2 saturated carbocycles. The van der Waals surface area contributed by atoms with Gasteiger partial charge in [-0.05, 0) is 81.4 Å². The van der Waals surface area contributed by atoms with Crippen LogP contribution in [-0.2, 0) is 0 Å². The molecule has 0 amide bonds. The quantitative estimate of drug-likeness (QED) is 0.510. The topological polar surface area (TPSA) is 26.0 Å². The van der Waals surface area contributed by atoms with E-state index in [1.165, 1.54) is 61.7 Å². The second-order valence-corrected chi connectivity index (χ2v) is 7.74. The molecule has 24 heavy (non-hydrogen) atoms. The number of rotatable bonds is 7. The third kappa shape index (κ3) is 5.40. The summed E-state index contributed by atoms with van der Waals surface area (Å²) in [6.07, 6.45) is 18.9. The van der Waals surface area contributed by atoms with Crippen molar-refractivity contribution in [2.24, 2.45) is 17.6 Å². The van der Waals surface area contributed by atoms with Gasteiger partial charge in [0.05, 0.1) is 0 Å². The summed E-state index contributed by atoms with van der Waals surface area (Å²) in [7, 11) is 0. The predicted octanol–water partition coefficient (Wildman–Crippen LogP) is 6.83. The summed E-state index contributed by atoms with van der Waals surface area (Å²) < 4.78 is 0. The van der Waals surface area contributed by atoms with Crippen LogP contribution in [0.2, 0.25) is 0 Å². The molecule has 2 rings (SSSR count). The fraction of sp³-hybridized carbons (Fsp3) is 0.652. The Balaban J connectivity index is 2.31. The van der Waals surface area contributed by atoms with Gasteiger partial charge in [-0.1, -0.05) is 56.4 Å². The van der Waals surface area contributed by atoms with E-state index in [0.29, 0.717) is 0 Å². The Labute approximate surface area is 149 Å². The van der Waals surface area contributed by atoms with E-state index in [1.54, 1.807) is 5.57 Å². The van der Waals surface area contributed by atoms with Crippen LogP contribution in [0.1, 0.15) is 85.5 Å². The fourth-order valence-electron chi connectivity index (χ4n) is 3.77. The molecular weight excluding hydrogens is 290 g/mol. The lowest BCUT2D eigenvalue weighted by atomic mass is 9.87. The van der Waals surface area contributed by atoms with Crippen molar-refractivity contribution in [3.05, 3.63) is 46.2 Å². The summed E-state index contributed by atoms with van der Waals surface area (Å²) in [6.45, 7) is 8.96. The highest BCUT2D eigenvalue weighted by Gasteiger charge is 2.25. The molecule has 2 fully saturated rings. The summed E-state index contributed by atoms with van der Waals surface area (Å²) in [4.78, 5) is 0. The lowest BCUT2D eigenvalue weighted by Crippen LogP contribution is -2.04. The van der Waals surface area contributed by atoms with Crippen molar-refractivity contribution in [2.75, 3.05) is 0 Å². The first-order valence-corrected chi connectivity index (χ1v) is 10.1. The SMILES string of the molecule is CC/C(C)=C(N)/C=C(/C=C/C1CCCCC1)C(\CC)=C(/C)C1CC1. The third-order valence-electron chi connectivity index (χ3n) is 5.90. The number of allylic oxidation sites excluding steroid dienone is 7. The van der Waals surface area contributed by atoms with Crippen molar-refractivity contribution in [3.8, 4) is 0 Å². The molecular formula is C23H37N. The molecule has 1 nitrogen and oxygen atoms in total. The molecule has 0 saturated heterocycles. The molecule has 0 aromatic carbocycles. The van der Waals surface area contributed by atoms with E-state index in [4.69, 9.17) is 5.73 Å². The standard InChI is InChI=1S/C23H37N/c1-5-17(3)23(24)16-21(13-12-19-10-8-7-9-11-19)22(6-2)18(4)20-14-15-20/h12-13,16,19-20H,5-11,14-15,24H2,1-4H3/b13-12+,21-16-,22-18+,23-17-. The van der Waals surface area contributed by atoms with Crippen molar-refractivity contribution in [3.63, 3.8) is 0 Å². The second-order valence-electron chi connectivity index (χ2n) is 7.74. The minimum absolute atomic E-state index is 0.763. The van der Waals surface area contributed by atoms with E-state index in [0.717, 1.165) is 30.4 Å². The average molecular weight is 328 g/mol. The Bertz CT molecular complexity index is 534. The van der Waals surface area contributed by atoms with Gasteiger partial charge in [0.1, 0.15) is 0 Å². The molecule has 0 aliphatic heterocycles. The summed E-state index contributed by atoms with van der Waals surface area (Å²) in [6, 6.07) is 0. The molecule has 0 aromatic rings. The summed E-state index contributed by atoms with van der Waals surface area (Å²) >= 11 is 0. The van der Waals surface area contributed by atoms with Gasteiger partial charge in [0.15, 0.2) is 0 Å². The average Bonchev–Trinajstić information content (AvgIpc) is 3.45. The van der Waals surface area contributed by atoms with Crippen LogP contribution in [0.5, 0.6) is 0 Å². The van der Waals surface area contributed by atoms with Crippen LogP contribution in [0, 0.1) is 11.8 Å². The Morgan fingerprint density at radius 3 is 2.17 bits per heavy atom. The third-order valence-corrected chi connectivity index (χ3v) is 5.90. The van der Waals surface area contributed by atoms with Crippen molar-refractivity contribution < 1.29 is 0 Å². The first kappa shape index (κ1) is 19.1. The minimum Gasteiger partial charge on any atom is -0.399 e. The van der Waals surface area contributed by atoms with Crippen molar-refractivity contribution in [2.45, 2.75) is 85.5 Å². The molecule has 0 atom stereocenters. The zero-order chi connectivity index (χ0) is 17.5. The lowest BCUT2D eigenvalue weighted by molar-refractivity contribution is 0.419. The van der Waals surface area contributed by atoms with E-state index in [2.05, 4.69) is 45.9 Å². The van der Waals surface area contributed by atoms with Crippen LogP contribution < -0.4 is 5.73 Å². The van der Waals surface area contributed by atoms with E-state index in [1.807, 2.05) is 0 Å². The van der Waals surface area contributed by atoms with Gasteiger partial charge in [-0.3, -0.25) is 0 Å². The van der Waals surface area contributed by atoms with Crippen LogP contribution in [0.15, 0.2) is 46.2 Å². The maximum Gasteiger partial charge on any atom is 0.0309 e. The molecule has 0 spiro atoms. The summed E-state index contributed by atoms with van der Waals surface area (Å²) in [5.41, 5.74) is 13.1. The van der Waals surface area contributed by atoms with Crippen LogP contribution >= 0.6 is 0 Å². The zero-order valence-corrected chi connectivity index (χ0v) is 16.3. The molecule has 0 bridgehead atoms. The van der Waals surface area contributed by atoms with Gasteiger partial charge in [0.2, 0.25) is 0 Å². The fourth-order valence-corrected chi connectivity index (χ4v) is 3.77. The predicted molar refractivity (Wildman–Crippen MR) is 107 cm³/mol. The highest BCUT2D eigenvalue weighted by atomic mass is 14.6. The Kier molecular flexibility index (Phi) is 7.40. The van der Waals surface area contributed by atoms with Crippen molar-refractivity contribution in [1.29, 1.82) is 0 Å². The number of hydrogen-bond acceptors (Lipinski definition) is 1. The number of nitrogens with two attached hydrogens (primary N) is 1. The van der Waals surface area contributed by atoms with E-state index in [-0.39, 0.29) is 0 Å². The van der Waals surface area contributed by atoms with Gasteiger partial charge in [-0.25, -0.2) is 0 Å². The van der Waals surface area contributed by atoms with Crippen molar-refractivity contribution >= 4 is 0 Å². The van der Waals surface area contributed by atoms with Gasteiger partial charge < -0.3 is 5.73 Å². The maximum absolute atomic E-state index is 6.37. The van der Waals surface area contributed by atoms with Crippen LogP contribution in [0.4, 0.5) is 0 Å². The van der Waals surface area contributed by atoms with Gasteiger partial charge in [0.25, 0.3) is 0 Å². The van der Waals surface area contributed by atoms with Gasteiger partial charge in [-0.2, -0.15) is 0 Å². The Hall–Kier alpha value is -1.24. The van der Waals surface area contributed by atoms with Crippen LogP contribution in [0.25, 0.3) is 0 Å². The zero-order valence-electron chi connectivity index (χ0n) is 16.3. The van der Waals surface area contributed by atoms with Gasteiger partial charge >= 0.3 is 0 Å². The largest absolute Gasteiger partial charge is 0.399 e. The van der Waals surface area contributed by atoms with Crippen molar-refractivity contribution in [1.82, 2.24) is 0 Å². The molecule has 0 radical (unpaired) electrons. The highest BCUT2D eigenvalue weighted by Crippen LogP contribution is 2.40. The smallest absolute Gasteiger partial charge is 0.0309 e. The minimum atomic E-state index is 0.763. The van der Waals surface area contributed by atoms with Crippen LogP contribution in [0.3, 0.4) is 0 Å². The Morgan fingerprint density at radius 2 is 1.62 bits per heavy atom. The van der Waals surface area contributed by atoms with E-state index in [9.17, 15) is 0 Å². The maximum atomic E-state index is 6.37. The molecule has 2 aliphatic carbocycles. The monoisotopic (exact) mass is 327 g/mol. The molecule has 0 aromatic heterocycles. The summed E-state index contributed by atoms with van der Waals surface area (Å²) in [5.74, 6) is 1.59. The molecule has 2 N–H and O–H groups in total. The highest BCUT2D eigenvalue weighted by molar-refractivity contribution is 5.47. The lowest BCUT2D eigenvalue weighted by Gasteiger charge is -2.19. The van der Waals surface area contributed by atoms with E-state index < -0.39 is 0 Å². The first-order valence-electron chi connectivity index (χ1n) is 10.1. The first-order chi connectivity index (χ1) is 11.6. The van der Waals surface area contributed by atoms with Gasteiger partial charge in [-0.15, -0.1) is 0 Å². The summed E-state index contributed by atoms with van der Waals surface area (Å²) in [5, 5.41) is 0.